The quantitative estimate of drug-likeness (QED) is 0.874. The van der Waals surface area contributed by atoms with Crippen LogP contribution in [0.1, 0.15) is 29.7 Å². The number of halogens is 2. The molecule has 1 aromatic carbocycles. The molecule has 1 unspecified atom stereocenters. The highest BCUT2D eigenvalue weighted by molar-refractivity contribution is 6.36. The minimum absolute atomic E-state index is 0.157. The molecule has 0 bridgehead atoms. The van der Waals surface area contributed by atoms with Gasteiger partial charge in [-0.1, -0.05) is 42.3 Å². The van der Waals surface area contributed by atoms with E-state index in [-0.39, 0.29) is 6.04 Å². The van der Waals surface area contributed by atoms with Crippen LogP contribution < -0.4 is 5.32 Å². The van der Waals surface area contributed by atoms with E-state index in [0.29, 0.717) is 10.0 Å². The fourth-order valence-electron chi connectivity index (χ4n) is 2.25. The highest BCUT2D eigenvalue weighted by atomic mass is 35.5. The summed E-state index contributed by atoms with van der Waals surface area (Å²) < 4.78 is 0. The lowest BCUT2D eigenvalue weighted by atomic mass is 9.99. The number of rotatable bonds is 5. The average molecular weight is 309 g/mol. The second-order valence-corrected chi connectivity index (χ2v) is 5.62. The van der Waals surface area contributed by atoms with Crippen LogP contribution in [0.25, 0.3) is 0 Å². The van der Waals surface area contributed by atoms with Crippen LogP contribution in [0.2, 0.25) is 10.0 Å². The first-order chi connectivity index (χ1) is 9.61. The lowest BCUT2D eigenvalue weighted by Crippen LogP contribution is -2.23. The fraction of sp³-hybridized carbons (Fsp3) is 0.312. The van der Waals surface area contributed by atoms with Gasteiger partial charge in [-0.15, -0.1) is 0 Å². The zero-order valence-corrected chi connectivity index (χ0v) is 13.2. The Labute approximate surface area is 130 Å². The second-order valence-electron chi connectivity index (χ2n) is 4.81. The molecule has 0 aliphatic heterocycles. The molecule has 4 heteroatoms. The molecule has 1 atom stereocenters. The molecule has 2 rings (SSSR count). The summed E-state index contributed by atoms with van der Waals surface area (Å²) in [6.45, 7) is 5.01. The first-order valence-electron chi connectivity index (χ1n) is 6.69. The largest absolute Gasteiger partial charge is 0.310 e. The standard InChI is InChI=1S/C16H18Cl2N2/c1-3-20-16(12-7-11(2)9-19-10-12)8-13-14(17)5-4-6-15(13)18/h4-7,9-10,16,20H,3,8H2,1-2H3. The lowest BCUT2D eigenvalue weighted by molar-refractivity contribution is 0.548. The van der Waals surface area contributed by atoms with Crippen LogP contribution in [-0.2, 0) is 6.42 Å². The number of benzene rings is 1. The fourth-order valence-corrected chi connectivity index (χ4v) is 2.81. The molecule has 2 aromatic rings. The summed E-state index contributed by atoms with van der Waals surface area (Å²) in [5.41, 5.74) is 3.28. The van der Waals surface area contributed by atoms with Gasteiger partial charge in [0, 0.05) is 28.5 Å². The predicted molar refractivity (Wildman–Crippen MR) is 85.6 cm³/mol. The van der Waals surface area contributed by atoms with Gasteiger partial charge in [-0.2, -0.15) is 0 Å². The number of aromatic nitrogens is 1. The van der Waals surface area contributed by atoms with Crippen molar-refractivity contribution < 1.29 is 0 Å². The normalized spacial score (nSPS) is 12.4. The maximum Gasteiger partial charge on any atom is 0.0453 e. The molecule has 20 heavy (non-hydrogen) atoms. The molecule has 1 N–H and O–H groups in total. The van der Waals surface area contributed by atoms with Crippen molar-refractivity contribution in [1.29, 1.82) is 0 Å². The number of nitrogens with zero attached hydrogens (tertiary/aromatic N) is 1. The van der Waals surface area contributed by atoms with E-state index in [1.807, 2.05) is 37.5 Å². The van der Waals surface area contributed by atoms with E-state index in [1.165, 1.54) is 0 Å². The maximum atomic E-state index is 6.26. The van der Waals surface area contributed by atoms with E-state index >= 15 is 0 Å². The predicted octanol–water partition coefficient (Wildman–Crippen LogP) is 4.59. The molecule has 0 aliphatic carbocycles. The van der Waals surface area contributed by atoms with Gasteiger partial charge in [0.2, 0.25) is 0 Å². The zero-order valence-electron chi connectivity index (χ0n) is 11.7. The van der Waals surface area contributed by atoms with Crippen LogP contribution in [0.4, 0.5) is 0 Å². The van der Waals surface area contributed by atoms with Crippen molar-refractivity contribution in [3.8, 4) is 0 Å². The van der Waals surface area contributed by atoms with Gasteiger partial charge in [0.25, 0.3) is 0 Å². The molecule has 0 spiro atoms. The lowest BCUT2D eigenvalue weighted by Gasteiger charge is -2.20. The summed E-state index contributed by atoms with van der Waals surface area (Å²) in [6.07, 6.45) is 4.50. The number of likely N-dealkylation sites (N-methyl/N-ethyl adjacent to an activating group) is 1. The number of pyridine rings is 1. The van der Waals surface area contributed by atoms with Gasteiger partial charge < -0.3 is 5.32 Å². The van der Waals surface area contributed by atoms with Crippen molar-refractivity contribution in [2.75, 3.05) is 6.54 Å². The van der Waals surface area contributed by atoms with Crippen molar-refractivity contribution >= 4 is 23.2 Å². The Bertz CT molecular complexity index is 564. The summed E-state index contributed by atoms with van der Waals surface area (Å²) in [4.78, 5) is 4.27. The minimum Gasteiger partial charge on any atom is -0.310 e. The average Bonchev–Trinajstić information content (AvgIpc) is 2.42. The van der Waals surface area contributed by atoms with Gasteiger partial charge in [-0.05, 0) is 48.7 Å². The van der Waals surface area contributed by atoms with Crippen molar-refractivity contribution in [2.24, 2.45) is 0 Å². The first kappa shape index (κ1) is 15.3. The molecule has 106 valence electrons. The molecule has 1 heterocycles. The summed E-state index contributed by atoms with van der Waals surface area (Å²) in [5.74, 6) is 0. The van der Waals surface area contributed by atoms with Crippen LogP contribution in [0.15, 0.2) is 36.7 Å². The third kappa shape index (κ3) is 3.72. The Kier molecular flexibility index (Phi) is 5.41. The van der Waals surface area contributed by atoms with Gasteiger partial charge in [-0.25, -0.2) is 0 Å². The molecule has 0 amide bonds. The Balaban J connectivity index is 2.30. The summed E-state index contributed by atoms with van der Waals surface area (Å²) in [6, 6.07) is 7.92. The first-order valence-corrected chi connectivity index (χ1v) is 7.45. The molecule has 0 aliphatic rings. The van der Waals surface area contributed by atoms with Crippen LogP contribution >= 0.6 is 23.2 Å². The Morgan fingerprint density at radius 1 is 1.20 bits per heavy atom. The summed E-state index contributed by atoms with van der Waals surface area (Å²) >= 11 is 12.5. The van der Waals surface area contributed by atoms with Crippen LogP contribution in [0.5, 0.6) is 0 Å². The van der Waals surface area contributed by atoms with E-state index in [1.54, 1.807) is 0 Å². The number of aryl methyl sites for hydroxylation is 1. The third-order valence-electron chi connectivity index (χ3n) is 3.22. The summed E-state index contributed by atoms with van der Waals surface area (Å²) in [7, 11) is 0. The van der Waals surface area contributed by atoms with Crippen LogP contribution in [0.3, 0.4) is 0 Å². The molecule has 0 saturated carbocycles. The Morgan fingerprint density at radius 2 is 1.90 bits per heavy atom. The van der Waals surface area contributed by atoms with Gasteiger partial charge in [0.1, 0.15) is 0 Å². The van der Waals surface area contributed by atoms with Gasteiger partial charge in [-0.3, -0.25) is 4.98 Å². The number of hydrogen-bond acceptors (Lipinski definition) is 2. The van der Waals surface area contributed by atoms with Gasteiger partial charge >= 0.3 is 0 Å². The SMILES string of the molecule is CCNC(Cc1c(Cl)cccc1Cl)c1cncc(C)c1. The minimum atomic E-state index is 0.157. The highest BCUT2D eigenvalue weighted by Gasteiger charge is 2.15. The van der Waals surface area contributed by atoms with Crippen molar-refractivity contribution in [3.05, 3.63) is 63.4 Å². The van der Waals surface area contributed by atoms with Crippen LogP contribution in [0, 0.1) is 6.92 Å². The van der Waals surface area contributed by atoms with Crippen molar-refractivity contribution in [2.45, 2.75) is 26.3 Å². The smallest absolute Gasteiger partial charge is 0.0453 e. The Morgan fingerprint density at radius 3 is 2.50 bits per heavy atom. The van der Waals surface area contributed by atoms with Crippen molar-refractivity contribution in [1.82, 2.24) is 10.3 Å². The van der Waals surface area contributed by atoms with E-state index in [4.69, 9.17) is 23.2 Å². The van der Waals surface area contributed by atoms with Gasteiger partial charge in [0.05, 0.1) is 0 Å². The molecular formula is C16H18Cl2N2. The summed E-state index contributed by atoms with van der Waals surface area (Å²) in [5, 5.41) is 4.89. The zero-order chi connectivity index (χ0) is 14.5. The van der Waals surface area contributed by atoms with Crippen molar-refractivity contribution in [3.63, 3.8) is 0 Å². The molecule has 2 nitrogen and oxygen atoms in total. The topological polar surface area (TPSA) is 24.9 Å². The monoisotopic (exact) mass is 308 g/mol. The van der Waals surface area contributed by atoms with E-state index in [9.17, 15) is 0 Å². The van der Waals surface area contributed by atoms with E-state index in [0.717, 1.165) is 29.7 Å². The molecule has 0 saturated heterocycles. The maximum absolute atomic E-state index is 6.26. The van der Waals surface area contributed by atoms with Crippen LogP contribution in [-0.4, -0.2) is 11.5 Å². The molecular weight excluding hydrogens is 291 g/mol. The molecule has 0 radical (unpaired) electrons. The van der Waals surface area contributed by atoms with E-state index < -0.39 is 0 Å². The number of nitrogens with one attached hydrogen (secondary N) is 1. The highest BCUT2D eigenvalue weighted by Crippen LogP contribution is 2.29. The van der Waals surface area contributed by atoms with E-state index in [2.05, 4.69) is 23.3 Å². The molecule has 1 aromatic heterocycles. The van der Waals surface area contributed by atoms with Gasteiger partial charge in [0.15, 0.2) is 0 Å². The second kappa shape index (κ2) is 7.07. The number of hydrogen-bond donors (Lipinski definition) is 1. The molecule has 0 fully saturated rings. The Hall–Kier alpha value is -1.09. The third-order valence-corrected chi connectivity index (χ3v) is 3.93.